The molecule has 0 aliphatic rings. The van der Waals surface area contributed by atoms with Gasteiger partial charge in [-0.1, -0.05) is 0 Å². The molecule has 3 rings (SSSR count). The van der Waals surface area contributed by atoms with Crippen LogP contribution in [0, 0.1) is 23.3 Å². The number of aromatic nitrogens is 2. The SMILES string of the molecule is COC(=O)C(C)Oc1cc(-c2ccc(F)c(F)c2)n(-c2cc(F)ccc2F)n1. The number of hydrogen-bond acceptors (Lipinski definition) is 4. The molecule has 146 valence electrons. The van der Waals surface area contributed by atoms with Crippen molar-refractivity contribution in [1.29, 1.82) is 0 Å². The maximum Gasteiger partial charge on any atom is 0.346 e. The molecule has 0 saturated heterocycles. The van der Waals surface area contributed by atoms with E-state index >= 15 is 0 Å². The van der Waals surface area contributed by atoms with Crippen molar-refractivity contribution in [3.63, 3.8) is 0 Å². The number of esters is 1. The number of hydrogen-bond donors (Lipinski definition) is 0. The quantitative estimate of drug-likeness (QED) is 0.484. The molecule has 0 aliphatic carbocycles. The first-order valence-corrected chi connectivity index (χ1v) is 8.05. The molecule has 0 amide bonds. The monoisotopic (exact) mass is 394 g/mol. The lowest BCUT2D eigenvalue weighted by atomic mass is 10.1. The van der Waals surface area contributed by atoms with Crippen molar-refractivity contribution in [1.82, 2.24) is 9.78 Å². The summed E-state index contributed by atoms with van der Waals surface area (Å²) in [4.78, 5) is 11.5. The van der Waals surface area contributed by atoms with Gasteiger partial charge in [-0.05, 0) is 37.3 Å². The molecular formula is C19H14F4N2O3. The summed E-state index contributed by atoms with van der Waals surface area (Å²) in [6, 6.07) is 7.02. The second-order valence-electron chi connectivity index (χ2n) is 5.79. The van der Waals surface area contributed by atoms with Crippen LogP contribution in [0.1, 0.15) is 6.92 Å². The number of methoxy groups -OCH3 is 1. The van der Waals surface area contributed by atoms with E-state index in [4.69, 9.17) is 4.74 Å². The van der Waals surface area contributed by atoms with Crippen molar-refractivity contribution in [2.45, 2.75) is 13.0 Å². The molecule has 0 radical (unpaired) electrons. The second-order valence-corrected chi connectivity index (χ2v) is 5.79. The molecular weight excluding hydrogens is 380 g/mol. The Balaban J connectivity index is 2.14. The fourth-order valence-corrected chi connectivity index (χ4v) is 2.51. The van der Waals surface area contributed by atoms with E-state index in [1.165, 1.54) is 26.2 Å². The zero-order valence-corrected chi connectivity index (χ0v) is 14.7. The van der Waals surface area contributed by atoms with Crippen LogP contribution in [0.2, 0.25) is 0 Å². The number of carbonyl (C=O) groups is 1. The molecule has 1 aromatic heterocycles. The minimum absolute atomic E-state index is 0.0930. The Hall–Kier alpha value is -3.36. The van der Waals surface area contributed by atoms with Gasteiger partial charge in [-0.15, -0.1) is 5.10 Å². The van der Waals surface area contributed by atoms with Crippen LogP contribution in [-0.4, -0.2) is 29.0 Å². The summed E-state index contributed by atoms with van der Waals surface area (Å²) in [6.07, 6.45) is -1.04. The summed E-state index contributed by atoms with van der Waals surface area (Å²) in [5.74, 6) is -4.53. The third-order valence-electron chi connectivity index (χ3n) is 3.87. The van der Waals surface area contributed by atoms with Crippen LogP contribution in [0.25, 0.3) is 16.9 Å². The van der Waals surface area contributed by atoms with E-state index < -0.39 is 35.3 Å². The predicted molar refractivity (Wildman–Crippen MR) is 90.9 cm³/mol. The molecule has 28 heavy (non-hydrogen) atoms. The molecule has 1 atom stereocenters. The van der Waals surface area contributed by atoms with Crippen LogP contribution < -0.4 is 4.74 Å². The number of rotatable bonds is 5. The van der Waals surface area contributed by atoms with Crippen LogP contribution in [0.4, 0.5) is 17.6 Å². The van der Waals surface area contributed by atoms with E-state index in [1.807, 2.05) is 0 Å². The van der Waals surface area contributed by atoms with E-state index in [0.29, 0.717) is 0 Å². The van der Waals surface area contributed by atoms with Crippen molar-refractivity contribution in [3.8, 4) is 22.8 Å². The highest BCUT2D eigenvalue weighted by atomic mass is 19.2. The van der Waals surface area contributed by atoms with Crippen LogP contribution in [-0.2, 0) is 9.53 Å². The predicted octanol–water partition coefficient (Wildman–Crippen LogP) is 4.04. The van der Waals surface area contributed by atoms with Gasteiger partial charge in [-0.3, -0.25) is 0 Å². The molecule has 1 heterocycles. The average molecular weight is 394 g/mol. The lowest BCUT2D eigenvalue weighted by Gasteiger charge is -2.10. The zero-order chi connectivity index (χ0) is 20.4. The zero-order valence-electron chi connectivity index (χ0n) is 14.7. The molecule has 0 spiro atoms. The highest BCUT2D eigenvalue weighted by Crippen LogP contribution is 2.30. The fraction of sp³-hybridized carbons (Fsp3) is 0.158. The van der Waals surface area contributed by atoms with Crippen LogP contribution in [0.15, 0.2) is 42.5 Å². The van der Waals surface area contributed by atoms with E-state index in [0.717, 1.165) is 35.0 Å². The lowest BCUT2D eigenvalue weighted by Crippen LogP contribution is -2.25. The standard InChI is InChI=1S/C19H14F4N2O3/c1-10(19(26)27-2)28-18-9-16(11-3-5-13(21)15(23)7-11)25(24-18)17-8-12(20)4-6-14(17)22/h3-10H,1-2H3. The number of nitrogens with zero attached hydrogens (tertiary/aromatic N) is 2. The number of halogens is 4. The van der Waals surface area contributed by atoms with Crippen molar-refractivity contribution in [3.05, 3.63) is 65.7 Å². The third-order valence-corrected chi connectivity index (χ3v) is 3.87. The van der Waals surface area contributed by atoms with Crippen LogP contribution in [0.5, 0.6) is 5.88 Å². The Morgan fingerprint density at radius 2 is 1.71 bits per heavy atom. The maximum atomic E-state index is 14.3. The minimum atomic E-state index is -1.13. The van der Waals surface area contributed by atoms with Gasteiger partial charge < -0.3 is 9.47 Å². The van der Waals surface area contributed by atoms with E-state index in [-0.39, 0.29) is 22.8 Å². The number of carbonyl (C=O) groups excluding carboxylic acids is 1. The van der Waals surface area contributed by atoms with Crippen molar-refractivity contribution < 1.29 is 31.8 Å². The van der Waals surface area contributed by atoms with Gasteiger partial charge in [0.05, 0.1) is 12.8 Å². The number of ether oxygens (including phenoxy) is 2. The fourth-order valence-electron chi connectivity index (χ4n) is 2.51. The Morgan fingerprint density at radius 3 is 2.39 bits per heavy atom. The molecule has 5 nitrogen and oxygen atoms in total. The van der Waals surface area contributed by atoms with Gasteiger partial charge in [0.1, 0.15) is 17.3 Å². The van der Waals surface area contributed by atoms with Gasteiger partial charge in [0.2, 0.25) is 5.88 Å². The van der Waals surface area contributed by atoms with Crippen LogP contribution >= 0.6 is 0 Å². The van der Waals surface area contributed by atoms with Gasteiger partial charge in [-0.25, -0.2) is 27.0 Å². The molecule has 3 aromatic rings. The first-order valence-electron chi connectivity index (χ1n) is 8.05. The Labute approximate surface area is 157 Å². The number of benzene rings is 2. The summed E-state index contributed by atoms with van der Waals surface area (Å²) >= 11 is 0. The summed E-state index contributed by atoms with van der Waals surface area (Å²) in [5, 5.41) is 4.03. The minimum Gasteiger partial charge on any atom is -0.466 e. The van der Waals surface area contributed by atoms with Gasteiger partial charge in [0.25, 0.3) is 0 Å². The molecule has 0 fully saturated rings. The Morgan fingerprint density at radius 1 is 1.00 bits per heavy atom. The smallest absolute Gasteiger partial charge is 0.346 e. The first-order chi connectivity index (χ1) is 13.3. The Kier molecular flexibility index (Phi) is 5.34. The van der Waals surface area contributed by atoms with Crippen LogP contribution in [0.3, 0.4) is 0 Å². The molecule has 0 saturated carbocycles. The van der Waals surface area contributed by atoms with Gasteiger partial charge in [0, 0.05) is 17.7 Å². The Bertz CT molecular complexity index is 1040. The third kappa shape index (κ3) is 3.83. The van der Waals surface area contributed by atoms with Gasteiger partial charge in [0.15, 0.2) is 17.7 Å². The van der Waals surface area contributed by atoms with E-state index in [2.05, 4.69) is 9.84 Å². The largest absolute Gasteiger partial charge is 0.466 e. The molecule has 9 heteroatoms. The highest BCUT2D eigenvalue weighted by molar-refractivity contribution is 5.74. The molecule has 0 N–H and O–H groups in total. The van der Waals surface area contributed by atoms with Gasteiger partial charge in [-0.2, -0.15) is 0 Å². The van der Waals surface area contributed by atoms with Crippen molar-refractivity contribution in [2.24, 2.45) is 0 Å². The highest BCUT2D eigenvalue weighted by Gasteiger charge is 2.21. The second kappa shape index (κ2) is 7.71. The first kappa shape index (κ1) is 19.4. The molecule has 0 aliphatic heterocycles. The van der Waals surface area contributed by atoms with Crippen molar-refractivity contribution >= 4 is 5.97 Å². The van der Waals surface area contributed by atoms with Crippen molar-refractivity contribution in [2.75, 3.05) is 7.11 Å². The average Bonchev–Trinajstić information content (AvgIpc) is 3.08. The molecule has 2 aromatic carbocycles. The topological polar surface area (TPSA) is 53.4 Å². The molecule has 0 bridgehead atoms. The maximum absolute atomic E-state index is 14.3. The molecule has 1 unspecified atom stereocenters. The summed E-state index contributed by atoms with van der Waals surface area (Å²) in [7, 11) is 1.18. The summed E-state index contributed by atoms with van der Waals surface area (Å²) < 4.78 is 65.8. The summed E-state index contributed by atoms with van der Waals surface area (Å²) in [6.45, 7) is 1.41. The van der Waals surface area contributed by atoms with E-state index in [9.17, 15) is 22.4 Å². The normalized spacial score (nSPS) is 11.9. The summed E-state index contributed by atoms with van der Waals surface area (Å²) in [5.41, 5.74) is -0.0496. The lowest BCUT2D eigenvalue weighted by molar-refractivity contribution is -0.148. The van der Waals surface area contributed by atoms with E-state index in [1.54, 1.807) is 0 Å². The van der Waals surface area contributed by atoms with Gasteiger partial charge >= 0.3 is 5.97 Å².